The van der Waals surface area contributed by atoms with Crippen molar-refractivity contribution in [1.29, 1.82) is 0 Å². The average Bonchev–Trinajstić information content (AvgIpc) is 2.55. The molecule has 2 aromatic rings. The highest BCUT2D eigenvalue weighted by atomic mass is 19.1. The first-order chi connectivity index (χ1) is 10.9. The van der Waals surface area contributed by atoms with Crippen molar-refractivity contribution in [1.82, 2.24) is 15.6 Å². The van der Waals surface area contributed by atoms with E-state index in [4.69, 9.17) is 0 Å². The molecule has 4 N–H and O–H groups in total. The second kappa shape index (κ2) is 6.73. The van der Waals surface area contributed by atoms with E-state index < -0.39 is 28.8 Å². The van der Waals surface area contributed by atoms with E-state index in [2.05, 4.69) is 15.6 Å². The van der Waals surface area contributed by atoms with Crippen LogP contribution in [0.4, 0.5) is 4.39 Å². The molecule has 2 rings (SSSR count). The molecule has 23 heavy (non-hydrogen) atoms. The Bertz CT molecular complexity index is 799. The predicted molar refractivity (Wildman–Crippen MR) is 79.7 cm³/mol. The maximum Gasteiger partial charge on any atom is 0.271 e. The number of carbonyl (C=O) groups is 2. The van der Waals surface area contributed by atoms with Crippen molar-refractivity contribution < 1.29 is 19.1 Å². The zero-order chi connectivity index (χ0) is 17.0. The number of nitrogens with one attached hydrogen (secondary N) is 3. The van der Waals surface area contributed by atoms with Crippen molar-refractivity contribution in [3.8, 4) is 5.75 Å². The van der Waals surface area contributed by atoms with Crippen LogP contribution in [-0.2, 0) is 6.54 Å². The molecule has 0 spiro atoms. The summed E-state index contributed by atoms with van der Waals surface area (Å²) >= 11 is 0. The SMILES string of the molecule is CNC(=O)c1[nH]cc(C(=O)NCc2ccc(F)cc2)c(=O)c1O. The van der Waals surface area contributed by atoms with Gasteiger partial charge < -0.3 is 20.7 Å². The Morgan fingerprint density at radius 2 is 1.87 bits per heavy atom. The summed E-state index contributed by atoms with van der Waals surface area (Å²) in [5, 5.41) is 14.4. The van der Waals surface area contributed by atoms with E-state index in [0.29, 0.717) is 5.56 Å². The van der Waals surface area contributed by atoms with Crippen LogP contribution < -0.4 is 16.1 Å². The summed E-state index contributed by atoms with van der Waals surface area (Å²) in [6, 6.07) is 5.48. The van der Waals surface area contributed by atoms with E-state index in [-0.39, 0.29) is 17.8 Å². The quantitative estimate of drug-likeness (QED) is 0.658. The molecule has 0 aliphatic rings. The maximum absolute atomic E-state index is 12.8. The molecule has 0 aliphatic carbocycles. The highest BCUT2D eigenvalue weighted by Crippen LogP contribution is 2.09. The van der Waals surface area contributed by atoms with Gasteiger partial charge in [0.25, 0.3) is 11.8 Å². The third-order valence-electron chi connectivity index (χ3n) is 3.12. The summed E-state index contributed by atoms with van der Waals surface area (Å²) in [6.45, 7) is 0.0799. The Labute approximate surface area is 130 Å². The number of hydrogen-bond donors (Lipinski definition) is 4. The molecule has 120 valence electrons. The number of benzene rings is 1. The van der Waals surface area contributed by atoms with Gasteiger partial charge in [0.15, 0.2) is 11.4 Å². The van der Waals surface area contributed by atoms with Crippen molar-refractivity contribution in [2.45, 2.75) is 6.54 Å². The van der Waals surface area contributed by atoms with E-state index >= 15 is 0 Å². The van der Waals surface area contributed by atoms with Gasteiger partial charge >= 0.3 is 0 Å². The van der Waals surface area contributed by atoms with Crippen LogP contribution in [0.15, 0.2) is 35.3 Å². The monoisotopic (exact) mass is 319 g/mol. The fourth-order valence-corrected chi connectivity index (χ4v) is 1.87. The number of aromatic hydroxyl groups is 1. The Kier molecular flexibility index (Phi) is 4.75. The molecular formula is C15H14FN3O4. The van der Waals surface area contributed by atoms with Crippen LogP contribution in [0.1, 0.15) is 26.4 Å². The number of aromatic amines is 1. The predicted octanol–water partition coefficient (Wildman–Crippen LogP) is 0.509. The van der Waals surface area contributed by atoms with Gasteiger partial charge in [0.2, 0.25) is 5.43 Å². The molecule has 0 bridgehead atoms. The van der Waals surface area contributed by atoms with E-state index in [0.717, 1.165) is 6.20 Å². The highest BCUT2D eigenvalue weighted by molar-refractivity contribution is 5.98. The topological polar surface area (TPSA) is 111 Å². The minimum Gasteiger partial charge on any atom is -0.503 e. The summed E-state index contributed by atoms with van der Waals surface area (Å²) in [7, 11) is 1.34. The van der Waals surface area contributed by atoms with Gasteiger partial charge in [0, 0.05) is 19.8 Å². The fourth-order valence-electron chi connectivity index (χ4n) is 1.87. The molecule has 7 nitrogen and oxygen atoms in total. The van der Waals surface area contributed by atoms with E-state index in [1.807, 2.05) is 0 Å². The molecule has 0 fully saturated rings. The lowest BCUT2D eigenvalue weighted by Crippen LogP contribution is -2.30. The molecule has 0 radical (unpaired) electrons. The summed E-state index contributed by atoms with van der Waals surface area (Å²) in [6.07, 6.45) is 1.05. The summed E-state index contributed by atoms with van der Waals surface area (Å²) in [4.78, 5) is 37.8. The van der Waals surface area contributed by atoms with Crippen LogP contribution in [0.2, 0.25) is 0 Å². The van der Waals surface area contributed by atoms with Gasteiger partial charge in [-0.15, -0.1) is 0 Å². The lowest BCUT2D eigenvalue weighted by molar-refractivity contribution is 0.0937. The van der Waals surface area contributed by atoms with Gasteiger partial charge in [-0.2, -0.15) is 0 Å². The van der Waals surface area contributed by atoms with Gasteiger partial charge in [-0.1, -0.05) is 12.1 Å². The van der Waals surface area contributed by atoms with Crippen LogP contribution in [0.25, 0.3) is 0 Å². The molecule has 0 unspecified atom stereocenters. The molecule has 0 aliphatic heterocycles. The second-order valence-corrected chi connectivity index (χ2v) is 4.64. The number of carbonyl (C=O) groups excluding carboxylic acids is 2. The Balaban J connectivity index is 2.16. The van der Waals surface area contributed by atoms with Crippen molar-refractivity contribution in [2.24, 2.45) is 0 Å². The Hall–Kier alpha value is -3.16. The fraction of sp³-hybridized carbons (Fsp3) is 0.133. The number of aromatic nitrogens is 1. The summed E-state index contributed by atoms with van der Waals surface area (Å²) < 4.78 is 12.8. The standard InChI is InChI=1S/C15H14FN3O4/c1-17-15(23)11-13(21)12(20)10(7-18-11)14(22)19-6-8-2-4-9(16)5-3-8/h2-5,7,21H,6H2,1H3,(H,17,23)(H,18,20)(H,19,22). The Morgan fingerprint density at radius 1 is 1.22 bits per heavy atom. The number of hydrogen-bond acceptors (Lipinski definition) is 4. The lowest BCUT2D eigenvalue weighted by atomic mass is 10.2. The van der Waals surface area contributed by atoms with E-state index in [9.17, 15) is 23.9 Å². The van der Waals surface area contributed by atoms with E-state index in [1.54, 1.807) is 0 Å². The van der Waals surface area contributed by atoms with Crippen molar-refractivity contribution >= 4 is 11.8 Å². The molecule has 2 amide bonds. The van der Waals surface area contributed by atoms with Gasteiger partial charge in [-0.05, 0) is 17.7 Å². The summed E-state index contributed by atoms with van der Waals surface area (Å²) in [5.41, 5.74) is -0.980. The zero-order valence-corrected chi connectivity index (χ0v) is 12.1. The summed E-state index contributed by atoms with van der Waals surface area (Å²) in [5.74, 6) is -2.64. The van der Waals surface area contributed by atoms with Crippen molar-refractivity contribution in [3.05, 3.63) is 63.3 Å². The van der Waals surface area contributed by atoms with Gasteiger partial charge in [-0.3, -0.25) is 14.4 Å². The van der Waals surface area contributed by atoms with Crippen LogP contribution in [0.5, 0.6) is 5.75 Å². The molecule has 1 aromatic carbocycles. The molecule has 1 aromatic heterocycles. The van der Waals surface area contributed by atoms with Gasteiger partial charge in [0.1, 0.15) is 11.4 Å². The lowest BCUT2D eigenvalue weighted by Gasteiger charge is -2.07. The first kappa shape index (κ1) is 16.2. The minimum atomic E-state index is -0.959. The van der Waals surface area contributed by atoms with E-state index in [1.165, 1.54) is 31.3 Å². The number of amides is 2. The first-order valence-corrected chi connectivity index (χ1v) is 6.63. The smallest absolute Gasteiger partial charge is 0.271 e. The molecular weight excluding hydrogens is 305 g/mol. The number of H-pyrrole nitrogens is 1. The van der Waals surface area contributed by atoms with Crippen LogP contribution in [-0.4, -0.2) is 29.0 Å². The molecule has 0 saturated heterocycles. The van der Waals surface area contributed by atoms with Crippen molar-refractivity contribution in [3.63, 3.8) is 0 Å². The van der Waals surface area contributed by atoms with Crippen molar-refractivity contribution in [2.75, 3.05) is 7.05 Å². The number of halogens is 1. The van der Waals surface area contributed by atoms with Gasteiger partial charge in [0.05, 0.1) is 0 Å². The molecule has 0 atom stereocenters. The minimum absolute atomic E-state index is 0.0799. The van der Waals surface area contributed by atoms with Gasteiger partial charge in [-0.25, -0.2) is 4.39 Å². The third-order valence-corrected chi connectivity index (χ3v) is 3.12. The number of rotatable bonds is 4. The second-order valence-electron chi connectivity index (χ2n) is 4.64. The normalized spacial score (nSPS) is 10.2. The van der Waals surface area contributed by atoms with Crippen LogP contribution in [0.3, 0.4) is 0 Å². The van der Waals surface area contributed by atoms with Crippen LogP contribution >= 0.6 is 0 Å². The highest BCUT2D eigenvalue weighted by Gasteiger charge is 2.19. The molecule has 0 saturated carbocycles. The van der Waals surface area contributed by atoms with Crippen LogP contribution in [0, 0.1) is 5.82 Å². The maximum atomic E-state index is 12.8. The molecule has 1 heterocycles. The average molecular weight is 319 g/mol. The first-order valence-electron chi connectivity index (χ1n) is 6.63. The largest absolute Gasteiger partial charge is 0.503 e. The Morgan fingerprint density at radius 3 is 2.48 bits per heavy atom. The molecule has 8 heteroatoms. The third kappa shape index (κ3) is 3.54. The number of pyridine rings is 1. The zero-order valence-electron chi connectivity index (χ0n) is 12.1.